The molecular formula is C11H18N6O2. The second-order valence-corrected chi connectivity index (χ2v) is 4.16. The van der Waals surface area contributed by atoms with Crippen LogP contribution < -0.4 is 21.9 Å². The van der Waals surface area contributed by atoms with Crippen molar-refractivity contribution in [3.8, 4) is 0 Å². The van der Waals surface area contributed by atoms with Crippen LogP contribution in [-0.2, 0) is 4.79 Å². The molecule has 19 heavy (non-hydrogen) atoms. The van der Waals surface area contributed by atoms with E-state index in [4.69, 9.17) is 5.84 Å². The van der Waals surface area contributed by atoms with Gasteiger partial charge >= 0.3 is 0 Å². The van der Waals surface area contributed by atoms with Crippen molar-refractivity contribution in [1.29, 1.82) is 0 Å². The minimum atomic E-state index is -0.381. The molecule has 0 saturated carbocycles. The fraction of sp³-hybridized carbons (Fsp3) is 0.455. The van der Waals surface area contributed by atoms with Gasteiger partial charge in [0.05, 0.1) is 12.4 Å². The molecule has 0 atom stereocenters. The number of amides is 2. The van der Waals surface area contributed by atoms with Crippen molar-refractivity contribution < 1.29 is 9.59 Å². The zero-order valence-corrected chi connectivity index (χ0v) is 10.9. The van der Waals surface area contributed by atoms with Crippen molar-refractivity contribution in [1.82, 2.24) is 20.6 Å². The Labute approximate surface area is 111 Å². The van der Waals surface area contributed by atoms with E-state index in [0.29, 0.717) is 5.82 Å². The Morgan fingerprint density at radius 3 is 2.58 bits per heavy atom. The number of hydrazine groups is 1. The Hall–Kier alpha value is -2.22. The summed E-state index contributed by atoms with van der Waals surface area (Å²) in [7, 11) is 0. The molecule has 1 rings (SSSR count). The minimum Gasteiger partial charge on any atom is -0.354 e. The Balaban J connectivity index is 2.36. The molecule has 0 aliphatic rings. The molecule has 0 radical (unpaired) electrons. The lowest BCUT2D eigenvalue weighted by atomic mass is 10.3. The molecule has 0 spiro atoms. The van der Waals surface area contributed by atoms with E-state index in [-0.39, 0.29) is 36.5 Å². The molecule has 0 unspecified atom stereocenters. The summed E-state index contributed by atoms with van der Waals surface area (Å²) in [5.74, 6) is 5.01. The SMILES string of the molecule is CC(C)NC(=O)CCNC(=O)c1cnc(NN)cn1. The van der Waals surface area contributed by atoms with Gasteiger partial charge in [0.1, 0.15) is 5.69 Å². The van der Waals surface area contributed by atoms with E-state index in [1.165, 1.54) is 12.4 Å². The summed E-state index contributed by atoms with van der Waals surface area (Å²) in [6.07, 6.45) is 2.87. The number of nitrogen functional groups attached to an aromatic ring is 1. The van der Waals surface area contributed by atoms with Crippen LogP contribution in [0.2, 0.25) is 0 Å². The molecular weight excluding hydrogens is 248 g/mol. The van der Waals surface area contributed by atoms with E-state index >= 15 is 0 Å². The number of rotatable bonds is 6. The first kappa shape index (κ1) is 14.8. The smallest absolute Gasteiger partial charge is 0.271 e. The van der Waals surface area contributed by atoms with Crippen LogP contribution in [0.3, 0.4) is 0 Å². The van der Waals surface area contributed by atoms with Crippen LogP contribution in [0.15, 0.2) is 12.4 Å². The van der Waals surface area contributed by atoms with Crippen LogP contribution in [0.5, 0.6) is 0 Å². The highest BCUT2D eigenvalue weighted by molar-refractivity contribution is 5.92. The standard InChI is InChI=1S/C11H18N6O2/c1-7(2)16-10(18)3-4-13-11(19)8-5-15-9(17-12)6-14-8/h5-7H,3-4,12H2,1-2H3,(H,13,19)(H,15,17)(H,16,18). The number of hydrogen-bond donors (Lipinski definition) is 4. The number of carbonyl (C=O) groups excluding carboxylic acids is 2. The number of nitrogens with zero attached hydrogens (tertiary/aromatic N) is 2. The van der Waals surface area contributed by atoms with Gasteiger partial charge in [0, 0.05) is 19.0 Å². The van der Waals surface area contributed by atoms with E-state index in [0.717, 1.165) is 0 Å². The third kappa shape index (κ3) is 5.30. The van der Waals surface area contributed by atoms with E-state index in [1.54, 1.807) is 0 Å². The Morgan fingerprint density at radius 1 is 1.32 bits per heavy atom. The van der Waals surface area contributed by atoms with E-state index in [9.17, 15) is 9.59 Å². The van der Waals surface area contributed by atoms with Crippen LogP contribution in [0.25, 0.3) is 0 Å². The van der Waals surface area contributed by atoms with Crippen LogP contribution in [0.4, 0.5) is 5.82 Å². The average molecular weight is 266 g/mol. The third-order valence-corrected chi connectivity index (χ3v) is 2.12. The lowest BCUT2D eigenvalue weighted by Crippen LogP contribution is -2.34. The fourth-order valence-electron chi connectivity index (χ4n) is 1.29. The summed E-state index contributed by atoms with van der Waals surface area (Å²) in [4.78, 5) is 30.7. The molecule has 8 nitrogen and oxygen atoms in total. The molecule has 8 heteroatoms. The quantitative estimate of drug-likeness (QED) is 0.403. The summed E-state index contributed by atoms with van der Waals surface area (Å²) < 4.78 is 0. The molecule has 0 aromatic carbocycles. The molecule has 104 valence electrons. The van der Waals surface area contributed by atoms with Gasteiger partial charge in [-0.2, -0.15) is 0 Å². The zero-order valence-electron chi connectivity index (χ0n) is 10.9. The predicted molar refractivity (Wildman–Crippen MR) is 70.1 cm³/mol. The molecule has 0 aliphatic carbocycles. The normalized spacial score (nSPS) is 10.1. The average Bonchev–Trinajstić information content (AvgIpc) is 2.37. The van der Waals surface area contributed by atoms with Crippen molar-refractivity contribution in [3.63, 3.8) is 0 Å². The van der Waals surface area contributed by atoms with Crippen molar-refractivity contribution in [3.05, 3.63) is 18.1 Å². The van der Waals surface area contributed by atoms with E-state index in [1.807, 2.05) is 13.8 Å². The summed E-state index contributed by atoms with van der Waals surface area (Å²) in [5, 5.41) is 5.32. The Kier molecular flexibility index (Phi) is 5.68. The van der Waals surface area contributed by atoms with E-state index < -0.39 is 0 Å². The van der Waals surface area contributed by atoms with Crippen molar-refractivity contribution >= 4 is 17.6 Å². The van der Waals surface area contributed by atoms with Crippen LogP contribution in [0, 0.1) is 0 Å². The van der Waals surface area contributed by atoms with Gasteiger partial charge in [0.25, 0.3) is 5.91 Å². The van der Waals surface area contributed by atoms with E-state index in [2.05, 4.69) is 26.0 Å². The highest BCUT2D eigenvalue weighted by Gasteiger charge is 2.09. The Morgan fingerprint density at radius 2 is 2.05 bits per heavy atom. The lowest BCUT2D eigenvalue weighted by molar-refractivity contribution is -0.121. The largest absolute Gasteiger partial charge is 0.354 e. The first-order valence-corrected chi connectivity index (χ1v) is 5.89. The maximum absolute atomic E-state index is 11.7. The van der Waals surface area contributed by atoms with Gasteiger partial charge in [-0.25, -0.2) is 15.8 Å². The summed E-state index contributed by atoms with van der Waals surface area (Å²) >= 11 is 0. The first-order valence-electron chi connectivity index (χ1n) is 5.89. The Bertz CT molecular complexity index is 431. The van der Waals surface area contributed by atoms with Gasteiger partial charge in [-0.05, 0) is 13.8 Å². The molecule has 0 aliphatic heterocycles. The number of nitrogens with one attached hydrogen (secondary N) is 3. The summed E-state index contributed by atoms with van der Waals surface area (Å²) in [5.41, 5.74) is 2.48. The van der Waals surface area contributed by atoms with Gasteiger partial charge in [-0.3, -0.25) is 9.59 Å². The molecule has 1 heterocycles. The number of nitrogens with two attached hydrogens (primary N) is 1. The zero-order chi connectivity index (χ0) is 14.3. The molecule has 2 amide bonds. The number of carbonyl (C=O) groups is 2. The number of hydrogen-bond acceptors (Lipinski definition) is 6. The van der Waals surface area contributed by atoms with Crippen molar-refractivity contribution in [2.75, 3.05) is 12.0 Å². The molecule has 0 bridgehead atoms. The van der Waals surface area contributed by atoms with Crippen LogP contribution >= 0.6 is 0 Å². The molecule has 0 saturated heterocycles. The topological polar surface area (TPSA) is 122 Å². The molecule has 5 N–H and O–H groups in total. The second kappa shape index (κ2) is 7.27. The maximum Gasteiger partial charge on any atom is 0.271 e. The lowest BCUT2D eigenvalue weighted by Gasteiger charge is -2.08. The predicted octanol–water partition coefficient (Wildman–Crippen LogP) is -0.593. The molecule has 1 aromatic rings. The number of anilines is 1. The third-order valence-electron chi connectivity index (χ3n) is 2.12. The summed E-state index contributed by atoms with van der Waals surface area (Å²) in [6, 6.07) is 0.0883. The molecule has 1 aromatic heterocycles. The van der Waals surface area contributed by atoms with Gasteiger partial charge < -0.3 is 16.1 Å². The van der Waals surface area contributed by atoms with Gasteiger partial charge in [0.15, 0.2) is 5.82 Å². The van der Waals surface area contributed by atoms with Gasteiger partial charge in [-0.1, -0.05) is 0 Å². The van der Waals surface area contributed by atoms with Crippen molar-refractivity contribution in [2.24, 2.45) is 5.84 Å². The monoisotopic (exact) mass is 266 g/mol. The fourth-order valence-corrected chi connectivity index (χ4v) is 1.29. The maximum atomic E-state index is 11.7. The first-order chi connectivity index (χ1) is 9.02. The van der Waals surface area contributed by atoms with Crippen LogP contribution in [0.1, 0.15) is 30.8 Å². The number of aromatic nitrogens is 2. The van der Waals surface area contributed by atoms with Crippen LogP contribution in [-0.4, -0.2) is 34.4 Å². The summed E-state index contributed by atoms with van der Waals surface area (Å²) in [6.45, 7) is 3.99. The molecule has 0 fully saturated rings. The minimum absolute atomic E-state index is 0.0883. The van der Waals surface area contributed by atoms with Gasteiger partial charge in [0.2, 0.25) is 5.91 Å². The van der Waals surface area contributed by atoms with Crippen molar-refractivity contribution in [2.45, 2.75) is 26.3 Å². The highest BCUT2D eigenvalue weighted by Crippen LogP contribution is 1.98. The van der Waals surface area contributed by atoms with Gasteiger partial charge in [-0.15, -0.1) is 0 Å². The highest BCUT2D eigenvalue weighted by atomic mass is 16.2. The second-order valence-electron chi connectivity index (χ2n) is 4.16.